The van der Waals surface area contributed by atoms with E-state index in [4.69, 9.17) is 17.3 Å². The van der Waals surface area contributed by atoms with Crippen molar-refractivity contribution in [2.45, 2.75) is 32.7 Å². The van der Waals surface area contributed by atoms with E-state index in [9.17, 15) is 4.79 Å². The van der Waals surface area contributed by atoms with Crippen molar-refractivity contribution in [3.05, 3.63) is 34.9 Å². The summed E-state index contributed by atoms with van der Waals surface area (Å²) in [5.74, 6) is 0.155. The Labute approximate surface area is 131 Å². The van der Waals surface area contributed by atoms with Crippen LogP contribution >= 0.6 is 24.0 Å². The molecule has 1 fully saturated rings. The zero-order chi connectivity index (χ0) is 14.0. The first-order chi connectivity index (χ1) is 8.88. The smallest absolute Gasteiger partial charge is 0.227 e. The van der Waals surface area contributed by atoms with E-state index < -0.39 is 0 Å². The van der Waals surface area contributed by atoms with Crippen LogP contribution in [-0.4, -0.2) is 29.9 Å². The maximum atomic E-state index is 12.3. The van der Waals surface area contributed by atoms with E-state index in [-0.39, 0.29) is 29.8 Å². The summed E-state index contributed by atoms with van der Waals surface area (Å²) in [6.07, 6.45) is 1.28. The van der Waals surface area contributed by atoms with Gasteiger partial charge in [0.25, 0.3) is 0 Å². The van der Waals surface area contributed by atoms with Gasteiger partial charge in [-0.1, -0.05) is 37.6 Å². The van der Waals surface area contributed by atoms with Crippen molar-refractivity contribution in [1.29, 1.82) is 0 Å². The fourth-order valence-corrected chi connectivity index (χ4v) is 2.73. The van der Waals surface area contributed by atoms with E-state index >= 15 is 0 Å². The number of hydrogen-bond donors (Lipinski definition) is 1. The molecular weight excluding hydrogens is 295 g/mol. The van der Waals surface area contributed by atoms with Crippen molar-refractivity contribution >= 4 is 29.9 Å². The zero-order valence-electron chi connectivity index (χ0n) is 11.9. The van der Waals surface area contributed by atoms with Crippen molar-refractivity contribution in [2.24, 2.45) is 11.1 Å². The molecule has 0 bridgehead atoms. The quantitative estimate of drug-likeness (QED) is 0.912. The van der Waals surface area contributed by atoms with Crippen molar-refractivity contribution in [3.63, 3.8) is 0 Å². The third-order valence-corrected chi connectivity index (χ3v) is 4.14. The molecule has 0 aliphatic carbocycles. The Kier molecular flexibility index (Phi) is 5.87. The van der Waals surface area contributed by atoms with Crippen LogP contribution in [0.1, 0.15) is 25.8 Å². The first-order valence-electron chi connectivity index (χ1n) is 6.66. The summed E-state index contributed by atoms with van der Waals surface area (Å²) in [4.78, 5) is 14.2. The minimum absolute atomic E-state index is 0. The molecule has 5 heteroatoms. The Morgan fingerprint density at radius 3 is 2.80 bits per heavy atom. The number of likely N-dealkylation sites (tertiary alicyclic amines) is 1. The van der Waals surface area contributed by atoms with Gasteiger partial charge in [0.05, 0.1) is 6.42 Å². The molecule has 1 aromatic rings. The zero-order valence-corrected chi connectivity index (χ0v) is 13.5. The van der Waals surface area contributed by atoms with Gasteiger partial charge in [-0.15, -0.1) is 12.4 Å². The van der Waals surface area contributed by atoms with Crippen LogP contribution in [0.25, 0.3) is 0 Å². The van der Waals surface area contributed by atoms with Crippen LogP contribution in [0.2, 0.25) is 5.02 Å². The van der Waals surface area contributed by atoms with Gasteiger partial charge in [0.2, 0.25) is 5.91 Å². The number of carbonyl (C=O) groups is 1. The van der Waals surface area contributed by atoms with Crippen LogP contribution in [0.3, 0.4) is 0 Å². The summed E-state index contributed by atoms with van der Waals surface area (Å²) in [7, 11) is 0. The van der Waals surface area contributed by atoms with Gasteiger partial charge in [-0.05, 0) is 29.5 Å². The van der Waals surface area contributed by atoms with E-state index in [1.807, 2.05) is 29.2 Å². The second-order valence-electron chi connectivity index (χ2n) is 6.01. The summed E-state index contributed by atoms with van der Waals surface area (Å²) in [5, 5.41) is 0.672. The molecular formula is C15H22Cl2N2O. The molecule has 1 aliphatic rings. The molecule has 0 radical (unpaired) electrons. The minimum atomic E-state index is -0.0117. The fraction of sp³-hybridized carbons (Fsp3) is 0.533. The van der Waals surface area contributed by atoms with E-state index in [1.165, 1.54) is 0 Å². The summed E-state index contributed by atoms with van der Waals surface area (Å²) in [6.45, 7) is 5.73. The molecule has 1 amide bonds. The topological polar surface area (TPSA) is 46.3 Å². The standard InChI is InChI=1S/C15H21ClN2O.ClH/c1-15(2)10-18(7-6-13(15)17)14(19)9-11-4-3-5-12(16)8-11;/h3-5,8,13H,6-7,9-10,17H2,1-2H3;1H. The lowest BCUT2D eigenvalue weighted by Gasteiger charge is -2.42. The molecule has 0 spiro atoms. The number of nitrogens with zero attached hydrogens (tertiary/aromatic N) is 1. The van der Waals surface area contributed by atoms with Gasteiger partial charge in [-0.25, -0.2) is 0 Å². The van der Waals surface area contributed by atoms with Crippen LogP contribution in [0.4, 0.5) is 0 Å². The molecule has 1 aliphatic heterocycles. The highest BCUT2D eigenvalue weighted by molar-refractivity contribution is 6.30. The predicted octanol–water partition coefficient (Wildman–Crippen LogP) is 2.89. The Hall–Kier alpha value is -0.770. The first-order valence-corrected chi connectivity index (χ1v) is 7.04. The Morgan fingerprint density at radius 1 is 1.50 bits per heavy atom. The third-order valence-electron chi connectivity index (χ3n) is 3.91. The molecule has 1 saturated heterocycles. The molecule has 2 rings (SSSR count). The van der Waals surface area contributed by atoms with Crippen molar-refractivity contribution in [1.82, 2.24) is 4.90 Å². The Morgan fingerprint density at radius 2 is 2.20 bits per heavy atom. The molecule has 1 aromatic carbocycles. The number of rotatable bonds is 2. The summed E-state index contributed by atoms with van der Waals surface area (Å²) in [5.41, 5.74) is 7.04. The predicted molar refractivity (Wildman–Crippen MR) is 85.4 cm³/mol. The number of carbonyl (C=O) groups excluding carboxylic acids is 1. The van der Waals surface area contributed by atoms with Gasteiger partial charge in [-0.2, -0.15) is 0 Å². The second-order valence-corrected chi connectivity index (χ2v) is 6.44. The van der Waals surface area contributed by atoms with E-state index in [0.29, 0.717) is 11.4 Å². The van der Waals surface area contributed by atoms with Crippen molar-refractivity contribution in [3.8, 4) is 0 Å². The lowest BCUT2D eigenvalue weighted by molar-refractivity contribution is -0.133. The first kappa shape index (κ1) is 17.3. The summed E-state index contributed by atoms with van der Waals surface area (Å²) >= 11 is 5.94. The number of hydrogen-bond acceptors (Lipinski definition) is 2. The lowest BCUT2D eigenvalue weighted by atomic mass is 9.79. The average molecular weight is 317 g/mol. The van der Waals surface area contributed by atoms with Crippen LogP contribution in [0.5, 0.6) is 0 Å². The SMILES string of the molecule is CC1(C)CN(C(=O)Cc2cccc(Cl)c2)CCC1N.Cl. The summed E-state index contributed by atoms with van der Waals surface area (Å²) < 4.78 is 0. The number of benzene rings is 1. The molecule has 3 nitrogen and oxygen atoms in total. The van der Waals surface area contributed by atoms with Gasteiger partial charge >= 0.3 is 0 Å². The van der Waals surface area contributed by atoms with Gasteiger partial charge in [0.1, 0.15) is 0 Å². The van der Waals surface area contributed by atoms with Crippen LogP contribution in [0.15, 0.2) is 24.3 Å². The molecule has 1 atom stereocenters. The molecule has 0 saturated carbocycles. The second kappa shape index (κ2) is 6.79. The molecule has 0 aromatic heterocycles. The number of piperidine rings is 1. The van der Waals surface area contributed by atoms with Gasteiger partial charge in [0, 0.05) is 24.2 Å². The minimum Gasteiger partial charge on any atom is -0.342 e. The highest BCUT2D eigenvalue weighted by Crippen LogP contribution is 2.28. The normalized spacial score (nSPS) is 21.2. The largest absolute Gasteiger partial charge is 0.342 e. The highest BCUT2D eigenvalue weighted by atomic mass is 35.5. The van der Waals surface area contributed by atoms with Gasteiger partial charge in [0.15, 0.2) is 0 Å². The maximum Gasteiger partial charge on any atom is 0.227 e. The highest BCUT2D eigenvalue weighted by Gasteiger charge is 2.35. The number of amides is 1. The number of nitrogens with two attached hydrogens (primary N) is 1. The van der Waals surface area contributed by atoms with Crippen LogP contribution in [0, 0.1) is 5.41 Å². The molecule has 20 heavy (non-hydrogen) atoms. The van der Waals surface area contributed by atoms with Crippen LogP contribution in [-0.2, 0) is 11.2 Å². The molecule has 1 unspecified atom stereocenters. The van der Waals surface area contributed by atoms with E-state index in [1.54, 1.807) is 0 Å². The number of halogens is 2. The van der Waals surface area contributed by atoms with Crippen molar-refractivity contribution < 1.29 is 4.79 Å². The fourth-order valence-electron chi connectivity index (χ4n) is 2.52. The lowest BCUT2D eigenvalue weighted by Crippen LogP contribution is -2.54. The van der Waals surface area contributed by atoms with E-state index in [2.05, 4.69) is 13.8 Å². The van der Waals surface area contributed by atoms with Gasteiger partial charge in [-0.3, -0.25) is 4.79 Å². The molecule has 112 valence electrons. The molecule has 1 heterocycles. The maximum absolute atomic E-state index is 12.3. The Bertz CT molecular complexity index is 477. The van der Waals surface area contributed by atoms with Gasteiger partial charge < -0.3 is 10.6 Å². The molecule has 2 N–H and O–H groups in total. The summed E-state index contributed by atoms with van der Waals surface area (Å²) in [6, 6.07) is 7.65. The van der Waals surface area contributed by atoms with E-state index in [0.717, 1.165) is 25.1 Å². The van der Waals surface area contributed by atoms with Crippen LogP contribution < -0.4 is 5.73 Å². The monoisotopic (exact) mass is 316 g/mol. The third kappa shape index (κ3) is 4.11. The Balaban J connectivity index is 0.00000200. The average Bonchev–Trinajstić information content (AvgIpc) is 2.32. The van der Waals surface area contributed by atoms with Crippen molar-refractivity contribution in [2.75, 3.05) is 13.1 Å².